The highest BCUT2D eigenvalue weighted by molar-refractivity contribution is 7.09. The van der Waals surface area contributed by atoms with Crippen molar-refractivity contribution in [2.75, 3.05) is 6.54 Å². The smallest absolute Gasteiger partial charge is 0.313 e. The van der Waals surface area contributed by atoms with Crippen LogP contribution in [0.3, 0.4) is 0 Å². The Hall–Kier alpha value is -0.550. The van der Waals surface area contributed by atoms with Crippen molar-refractivity contribution < 1.29 is 13.2 Å². The zero-order chi connectivity index (χ0) is 12.0. The largest absolute Gasteiger partial charge is 0.390 e. The zero-order valence-corrected chi connectivity index (χ0v) is 10.00. The van der Waals surface area contributed by atoms with Crippen LogP contribution >= 0.6 is 11.3 Å². The molecule has 1 nitrogen and oxygen atoms in total. The number of nitrogens with one attached hydrogen (secondary N) is 1. The van der Waals surface area contributed by atoms with Crippen LogP contribution in [0.25, 0.3) is 0 Å². The van der Waals surface area contributed by atoms with Gasteiger partial charge in [0.25, 0.3) is 0 Å². The van der Waals surface area contributed by atoms with Crippen LogP contribution in [-0.2, 0) is 6.42 Å². The van der Waals surface area contributed by atoms with Crippen molar-refractivity contribution in [3.8, 4) is 0 Å². The van der Waals surface area contributed by atoms with Gasteiger partial charge in [-0.25, -0.2) is 0 Å². The van der Waals surface area contributed by atoms with Crippen molar-refractivity contribution in [2.24, 2.45) is 0 Å². The summed E-state index contributed by atoms with van der Waals surface area (Å²) in [6.45, 7) is 2.58. The third-order valence-corrected chi connectivity index (χ3v) is 3.09. The minimum Gasteiger partial charge on any atom is -0.313 e. The Labute approximate surface area is 97.7 Å². The van der Waals surface area contributed by atoms with Crippen molar-refractivity contribution in [1.82, 2.24) is 5.32 Å². The molecular formula is C11H16F3NS. The molecule has 1 rings (SSSR count). The van der Waals surface area contributed by atoms with E-state index in [9.17, 15) is 13.2 Å². The fraction of sp³-hybridized carbons (Fsp3) is 0.636. The van der Waals surface area contributed by atoms with Crippen LogP contribution in [0.2, 0.25) is 0 Å². The molecule has 1 aromatic rings. The quantitative estimate of drug-likeness (QED) is 0.814. The molecule has 1 unspecified atom stereocenters. The molecule has 16 heavy (non-hydrogen) atoms. The van der Waals surface area contributed by atoms with Gasteiger partial charge in [-0.3, -0.25) is 0 Å². The maximum absolute atomic E-state index is 12.3. The lowest BCUT2D eigenvalue weighted by atomic mass is 10.1. The molecular weight excluding hydrogens is 235 g/mol. The lowest BCUT2D eigenvalue weighted by Gasteiger charge is -2.19. The second-order valence-corrected chi connectivity index (χ2v) is 4.79. The Morgan fingerprint density at radius 3 is 2.69 bits per heavy atom. The first kappa shape index (κ1) is 13.5. The molecule has 1 heterocycles. The summed E-state index contributed by atoms with van der Waals surface area (Å²) in [5, 5.41) is 4.84. The fourth-order valence-corrected chi connectivity index (χ4v) is 2.30. The Morgan fingerprint density at radius 2 is 2.19 bits per heavy atom. The minimum atomic E-state index is -4.09. The maximum atomic E-state index is 12.3. The van der Waals surface area contributed by atoms with E-state index in [0.717, 1.165) is 11.3 Å². The van der Waals surface area contributed by atoms with Crippen LogP contribution in [0.1, 0.15) is 24.6 Å². The molecule has 1 N–H and O–H groups in total. The minimum absolute atomic E-state index is 0.456. The number of alkyl halides is 3. The number of thiophene rings is 1. The average Bonchev–Trinajstić information content (AvgIpc) is 2.64. The molecule has 0 radical (unpaired) electrons. The van der Waals surface area contributed by atoms with Gasteiger partial charge in [0, 0.05) is 10.9 Å². The second kappa shape index (κ2) is 6.25. The van der Waals surface area contributed by atoms with Gasteiger partial charge in [0.1, 0.15) is 0 Å². The van der Waals surface area contributed by atoms with Gasteiger partial charge in [0.2, 0.25) is 0 Å². The summed E-state index contributed by atoms with van der Waals surface area (Å²) in [6, 6.07) is 3.24. The normalized spacial score (nSPS) is 14.0. The molecule has 92 valence electrons. The highest BCUT2D eigenvalue weighted by atomic mass is 32.1. The summed E-state index contributed by atoms with van der Waals surface area (Å²) in [4.78, 5) is 0.998. The van der Waals surface area contributed by atoms with Crippen molar-refractivity contribution >= 4 is 11.3 Å². The summed E-state index contributed by atoms with van der Waals surface area (Å²) in [5.41, 5.74) is 0. The van der Waals surface area contributed by atoms with Crippen molar-refractivity contribution in [3.63, 3.8) is 0 Å². The summed E-state index contributed by atoms with van der Waals surface area (Å²) < 4.78 is 37.0. The second-order valence-electron chi connectivity index (χ2n) is 3.75. The molecule has 1 atom stereocenters. The molecule has 0 saturated carbocycles. The van der Waals surface area contributed by atoms with Crippen LogP contribution in [0.15, 0.2) is 17.5 Å². The van der Waals surface area contributed by atoms with Gasteiger partial charge >= 0.3 is 6.18 Å². The maximum Gasteiger partial charge on any atom is 0.390 e. The van der Waals surface area contributed by atoms with Crippen molar-refractivity contribution in [2.45, 2.75) is 38.4 Å². The molecule has 0 aromatic carbocycles. The predicted octanol–water partition coefficient (Wildman–Crippen LogP) is 3.61. The van der Waals surface area contributed by atoms with Crippen LogP contribution in [0.4, 0.5) is 13.2 Å². The average molecular weight is 251 g/mol. The van der Waals surface area contributed by atoms with E-state index < -0.39 is 18.6 Å². The molecule has 0 aliphatic carbocycles. The fourth-order valence-electron chi connectivity index (χ4n) is 1.52. The first-order chi connectivity index (χ1) is 7.51. The highest BCUT2D eigenvalue weighted by Gasteiger charge is 2.31. The summed E-state index contributed by atoms with van der Waals surface area (Å²) >= 11 is 1.50. The van der Waals surface area contributed by atoms with E-state index in [2.05, 4.69) is 5.32 Å². The van der Waals surface area contributed by atoms with E-state index in [1.165, 1.54) is 11.3 Å². The molecule has 0 spiro atoms. The summed E-state index contributed by atoms with van der Waals surface area (Å²) in [5.74, 6) is 0. The standard InChI is InChI=1S/C11H16F3NS/c1-2-5-15-9(8-11(12,13)14)7-10-4-3-6-16-10/h3-4,6,9,15H,2,5,7-8H2,1H3. The van der Waals surface area contributed by atoms with Gasteiger partial charge in [0.15, 0.2) is 0 Å². The lowest BCUT2D eigenvalue weighted by Crippen LogP contribution is -2.35. The van der Waals surface area contributed by atoms with E-state index in [1.807, 2.05) is 24.4 Å². The molecule has 1 aromatic heterocycles. The molecule has 0 aliphatic rings. The third kappa shape index (κ3) is 5.51. The van der Waals surface area contributed by atoms with Gasteiger partial charge in [-0.15, -0.1) is 11.3 Å². The number of halogens is 3. The van der Waals surface area contributed by atoms with Crippen LogP contribution < -0.4 is 5.32 Å². The Morgan fingerprint density at radius 1 is 1.44 bits per heavy atom. The number of hydrogen-bond acceptors (Lipinski definition) is 2. The summed E-state index contributed by atoms with van der Waals surface area (Å²) in [7, 11) is 0. The van der Waals surface area contributed by atoms with Gasteiger partial charge < -0.3 is 5.32 Å². The SMILES string of the molecule is CCCNC(Cc1cccs1)CC(F)(F)F. The van der Waals surface area contributed by atoms with E-state index >= 15 is 0 Å². The number of rotatable bonds is 6. The zero-order valence-electron chi connectivity index (χ0n) is 9.18. The van der Waals surface area contributed by atoms with Crippen LogP contribution in [0.5, 0.6) is 0 Å². The molecule has 0 amide bonds. The molecule has 0 saturated heterocycles. The molecule has 0 aliphatic heterocycles. The lowest BCUT2D eigenvalue weighted by molar-refractivity contribution is -0.139. The number of hydrogen-bond donors (Lipinski definition) is 1. The highest BCUT2D eigenvalue weighted by Crippen LogP contribution is 2.24. The summed E-state index contributed by atoms with van der Waals surface area (Å²) in [6.07, 6.45) is -3.55. The van der Waals surface area contributed by atoms with E-state index in [0.29, 0.717) is 13.0 Å². The van der Waals surface area contributed by atoms with Crippen LogP contribution in [0, 0.1) is 0 Å². The van der Waals surface area contributed by atoms with Crippen molar-refractivity contribution in [3.05, 3.63) is 22.4 Å². The van der Waals surface area contributed by atoms with E-state index in [4.69, 9.17) is 0 Å². The first-order valence-electron chi connectivity index (χ1n) is 5.34. The Balaban J connectivity index is 2.50. The van der Waals surface area contributed by atoms with Gasteiger partial charge in [-0.2, -0.15) is 13.2 Å². The van der Waals surface area contributed by atoms with Crippen molar-refractivity contribution in [1.29, 1.82) is 0 Å². The van der Waals surface area contributed by atoms with E-state index in [-0.39, 0.29) is 0 Å². The van der Waals surface area contributed by atoms with Gasteiger partial charge in [-0.05, 0) is 30.8 Å². The first-order valence-corrected chi connectivity index (χ1v) is 6.21. The Bertz CT molecular complexity index is 282. The third-order valence-electron chi connectivity index (χ3n) is 2.19. The molecule has 0 fully saturated rings. The van der Waals surface area contributed by atoms with Gasteiger partial charge in [0.05, 0.1) is 6.42 Å². The van der Waals surface area contributed by atoms with E-state index in [1.54, 1.807) is 0 Å². The molecule has 0 bridgehead atoms. The van der Waals surface area contributed by atoms with Gasteiger partial charge in [-0.1, -0.05) is 13.0 Å². The predicted molar refractivity (Wildman–Crippen MR) is 60.8 cm³/mol. The Kier molecular flexibility index (Phi) is 5.28. The topological polar surface area (TPSA) is 12.0 Å². The monoisotopic (exact) mass is 251 g/mol. The molecule has 5 heteroatoms. The van der Waals surface area contributed by atoms with Crippen LogP contribution in [-0.4, -0.2) is 18.8 Å².